The fourth-order valence-corrected chi connectivity index (χ4v) is 1.20. The normalized spacial score (nSPS) is 12.2. The number of hydrogen-bond donors (Lipinski definition) is 1. The number of halogens is 1. The molecule has 1 atom stereocenters. The average Bonchev–Trinajstić information content (AvgIpc) is 2.08. The molecular formula is C10H9ClO. The van der Waals surface area contributed by atoms with E-state index in [4.69, 9.17) is 18.0 Å². The largest absolute Gasteiger partial charge is 0.376 e. The summed E-state index contributed by atoms with van der Waals surface area (Å²) in [5.41, 5.74) is 1.52. The van der Waals surface area contributed by atoms with E-state index in [1.165, 1.54) is 0 Å². The molecule has 1 aromatic carbocycles. The second-order valence-electron chi connectivity index (χ2n) is 2.55. The summed E-state index contributed by atoms with van der Waals surface area (Å²) in [5, 5.41) is 9.86. The second-order valence-corrected chi connectivity index (χ2v) is 2.93. The van der Waals surface area contributed by atoms with Crippen molar-refractivity contribution in [3.8, 4) is 12.3 Å². The maximum Gasteiger partial charge on any atom is 0.141 e. The van der Waals surface area contributed by atoms with Crippen molar-refractivity contribution in [3.63, 3.8) is 0 Å². The highest BCUT2D eigenvalue weighted by Crippen LogP contribution is 2.25. The highest BCUT2D eigenvalue weighted by Gasteiger charge is 2.08. The van der Waals surface area contributed by atoms with Gasteiger partial charge in [0.25, 0.3) is 0 Å². The Morgan fingerprint density at radius 2 is 2.25 bits per heavy atom. The van der Waals surface area contributed by atoms with E-state index in [1.54, 1.807) is 6.07 Å². The number of aliphatic hydroxyl groups excluding tert-OH is 1. The molecule has 62 valence electrons. The van der Waals surface area contributed by atoms with Gasteiger partial charge in [0.2, 0.25) is 0 Å². The van der Waals surface area contributed by atoms with E-state index >= 15 is 0 Å². The molecule has 0 fully saturated rings. The van der Waals surface area contributed by atoms with Crippen molar-refractivity contribution in [2.24, 2.45) is 0 Å². The Morgan fingerprint density at radius 1 is 1.58 bits per heavy atom. The molecule has 0 radical (unpaired) electrons. The molecule has 1 nitrogen and oxygen atoms in total. The van der Waals surface area contributed by atoms with E-state index in [2.05, 4.69) is 5.92 Å². The lowest BCUT2D eigenvalue weighted by molar-refractivity contribution is 0.238. The zero-order chi connectivity index (χ0) is 9.14. The van der Waals surface area contributed by atoms with E-state index in [9.17, 15) is 5.11 Å². The number of rotatable bonds is 1. The zero-order valence-corrected chi connectivity index (χ0v) is 7.47. The van der Waals surface area contributed by atoms with Gasteiger partial charge < -0.3 is 5.11 Å². The monoisotopic (exact) mass is 180 g/mol. The first-order valence-electron chi connectivity index (χ1n) is 3.56. The fourth-order valence-electron chi connectivity index (χ4n) is 0.971. The summed E-state index contributed by atoms with van der Waals surface area (Å²) in [5.74, 6) is 2.22. The van der Waals surface area contributed by atoms with E-state index in [-0.39, 0.29) is 0 Å². The van der Waals surface area contributed by atoms with Crippen LogP contribution in [0.1, 0.15) is 17.2 Å². The van der Waals surface area contributed by atoms with E-state index in [1.807, 2.05) is 19.1 Å². The first-order valence-corrected chi connectivity index (χ1v) is 3.94. The topological polar surface area (TPSA) is 20.2 Å². The number of benzene rings is 1. The molecule has 12 heavy (non-hydrogen) atoms. The van der Waals surface area contributed by atoms with Crippen molar-refractivity contribution in [1.82, 2.24) is 0 Å². The van der Waals surface area contributed by atoms with Gasteiger partial charge in [-0.15, -0.1) is 6.42 Å². The molecule has 0 aliphatic heterocycles. The summed E-state index contributed by atoms with van der Waals surface area (Å²) in [7, 11) is 0. The van der Waals surface area contributed by atoms with Gasteiger partial charge in [-0.2, -0.15) is 0 Å². The molecule has 1 aromatic rings. The van der Waals surface area contributed by atoms with Crippen LogP contribution in [0.15, 0.2) is 18.2 Å². The quantitative estimate of drug-likeness (QED) is 0.658. The minimum atomic E-state index is -0.905. The Morgan fingerprint density at radius 3 is 2.83 bits per heavy atom. The fraction of sp³-hybridized carbons (Fsp3) is 0.200. The van der Waals surface area contributed by atoms with Crippen LogP contribution in [0.4, 0.5) is 0 Å². The van der Waals surface area contributed by atoms with Gasteiger partial charge in [0.1, 0.15) is 6.10 Å². The second kappa shape index (κ2) is 3.62. The van der Waals surface area contributed by atoms with Crippen molar-refractivity contribution < 1.29 is 5.11 Å². The smallest absolute Gasteiger partial charge is 0.141 e. The molecule has 0 saturated heterocycles. The number of aliphatic hydroxyl groups is 1. The van der Waals surface area contributed by atoms with Crippen molar-refractivity contribution >= 4 is 11.6 Å². The maximum atomic E-state index is 9.31. The van der Waals surface area contributed by atoms with Crippen LogP contribution < -0.4 is 0 Å². The van der Waals surface area contributed by atoms with Crippen LogP contribution in [-0.4, -0.2) is 5.11 Å². The van der Waals surface area contributed by atoms with Gasteiger partial charge in [0.05, 0.1) is 5.02 Å². The third kappa shape index (κ3) is 1.61. The minimum Gasteiger partial charge on any atom is -0.376 e. The molecule has 0 saturated carbocycles. The summed E-state index contributed by atoms with van der Waals surface area (Å²) < 4.78 is 0. The summed E-state index contributed by atoms with van der Waals surface area (Å²) in [6, 6.07) is 5.41. The molecule has 0 aliphatic rings. The molecule has 1 rings (SSSR count). The molecule has 1 N–H and O–H groups in total. The molecule has 0 bridgehead atoms. The molecule has 2 heteroatoms. The number of hydrogen-bond acceptors (Lipinski definition) is 1. The lowest BCUT2D eigenvalue weighted by Gasteiger charge is -2.07. The SMILES string of the molecule is C#CC(O)c1cccc(C)c1Cl. The van der Waals surface area contributed by atoms with E-state index in [0.29, 0.717) is 10.6 Å². The van der Waals surface area contributed by atoms with Crippen LogP contribution in [0, 0.1) is 19.3 Å². The Bertz CT molecular complexity index is 325. The van der Waals surface area contributed by atoms with Gasteiger partial charge in [-0.25, -0.2) is 0 Å². The van der Waals surface area contributed by atoms with Crippen LogP contribution in [0.2, 0.25) is 5.02 Å². The average molecular weight is 181 g/mol. The standard InChI is InChI=1S/C10H9ClO/c1-3-9(12)8-6-4-5-7(2)10(8)11/h1,4-6,9,12H,2H3. The first-order chi connectivity index (χ1) is 5.66. The molecule has 0 spiro atoms. The highest BCUT2D eigenvalue weighted by atomic mass is 35.5. The lowest BCUT2D eigenvalue weighted by atomic mass is 10.1. The molecule has 0 heterocycles. The van der Waals surface area contributed by atoms with Gasteiger partial charge in [-0.1, -0.05) is 35.7 Å². The third-order valence-corrected chi connectivity index (χ3v) is 2.19. The number of aryl methyl sites for hydroxylation is 1. The molecule has 0 aliphatic carbocycles. The van der Waals surface area contributed by atoms with Gasteiger partial charge >= 0.3 is 0 Å². The maximum absolute atomic E-state index is 9.31. The van der Waals surface area contributed by atoms with Crippen LogP contribution in [0.3, 0.4) is 0 Å². The Labute approximate surface area is 77.0 Å². The van der Waals surface area contributed by atoms with Gasteiger partial charge in [0.15, 0.2) is 0 Å². The summed E-state index contributed by atoms with van der Waals surface area (Å²) in [4.78, 5) is 0. The van der Waals surface area contributed by atoms with Crippen LogP contribution in [0.25, 0.3) is 0 Å². The summed E-state index contributed by atoms with van der Waals surface area (Å²) >= 11 is 5.91. The summed E-state index contributed by atoms with van der Waals surface area (Å²) in [6.45, 7) is 1.87. The van der Waals surface area contributed by atoms with Crippen molar-refractivity contribution in [1.29, 1.82) is 0 Å². The number of terminal acetylenes is 1. The minimum absolute atomic E-state index is 0.544. The van der Waals surface area contributed by atoms with Crippen molar-refractivity contribution in [2.75, 3.05) is 0 Å². The Balaban J connectivity index is 3.18. The predicted octanol–water partition coefficient (Wildman–Crippen LogP) is 2.32. The third-order valence-electron chi connectivity index (χ3n) is 1.67. The first kappa shape index (κ1) is 9.12. The lowest BCUT2D eigenvalue weighted by Crippen LogP contribution is -1.95. The zero-order valence-electron chi connectivity index (χ0n) is 6.71. The van der Waals surface area contributed by atoms with Gasteiger partial charge in [0, 0.05) is 5.56 Å². The molecule has 1 unspecified atom stereocenters. The van der Waals surface area contributed by atoms with Gasteiger partial charge in [-0.3, -0.25) is 0 Å². The predicted molar refractivity (Wildman–Crippen MR) is 50.0 cm³/mol. The molecule has 0 amide bonds. The summed E-state index contributed by atoms with van der Waals surface area (Å²) in [6.07, 6.45) is 4.16. The Hall–Kier alpha value is -0.970. The van der Waals surface area contributed by atoms with Crippen molar-refractivity contribution in [3.05, 3.63) is 34.3 Å². The molecule has 0 aromatic heterocycles. The van der Waals surface area contributed by atoms with Gasteiger partial charge in [-0.05, 0) is 12.5 Å². The van der Waals surface area contributed by atoms with Crippen LogP contribution >= 0.6 is 11.6 Å². The highest BCUT2D eigenvalue weighted by molar-refractivity contribution is 6.32. The van der Waals surface area contributed by atoms with Crippen molar-refractivity contribution in [2.45, 2.75) is 13.0 Å². The van der Waals surface area contributed by atoms with E-state index in [0.717, 1.165) is 5.56 Å². The Kier molecular flexibility index (Phi) is 2.75. The molecular weight excluding hydrogens is 172 g/mol. The van der Waals surface area contributed by atoms with Crippen LogP contribution in [-0.2, 0) is 0 Å². The van der Waals surface area contributed by atoms with Crippen LogP contribution in [0.5, 0.6) is 0 Å². The van der Waals surface area contributed by atoms with E-state index < -0.39 is 6.10 Å².